The highest BCUT2D eigenvalue weighted by Crippen LogP contribution is 2.35. The van der Waals surface area contributed by atoms with Crippen molar-refractivity contribution in [3.8, 4) is 11.5 Å². The number of hydrogen-bond acceptors (Lipinski definition) is 5. The molecule has 0 aliphatic carbocycles. The van der Waals surface area contributed by atoms with Crippen LogP contribution >= 0.6 is 0 Å². The fraction of sp³-hybridized carbons (Fsp3) is 0.556. The van der Waals surface area contributed by atoms with E-state index in [1.54, 1.807) is 18.0 Å². The zero-order valence-electron chi connectivity index (χ0n) is 15.4. The van der Waals surface area contributed by atoms with Gasteiger partial charge in [-0.1, -0.05) is 13.0 Å². The smallest absolute Gasteiger partial charge is 0.410 e. The van der Waals surface area contributed by atoms with Crippen LogP contribution in [-0.2, 0) is 16.0 Å². The summed E-state index contributed by atoms with van der Waals surface area (Å²) in [7, 11) is 1.73. The molecule has 138 valence electrons. The first-order valence-corrected chi connectivity index (χ1v) is 8.32. The number of hydrogen-bond donors (Lipinski definition) is 1. The number of benzene rings is 1. The zero-order valence-corrected chi connectivity index (χ0v) is 15.4. The third-order valence-corrected chi connectivity index (χ3v) is 3.88. The SMILES string of the molecule is CCC(Cc1ccc2c(c1)OC(C(N)=O)O2)N(C)C(=O)OC(C)(C)C. The fourth-order valence-electron chi connectivity index (χ4n) is 2.55. The number of nitrogens with zero attached hydrogens (tertiary/aromatic N) is 1. The molecule has 1 aromatic carbocycles. The highest BCUT2D eigenvalue weighted by molar-refractivity contribution is 5.79. The lowest BCUT2D eigenvalue weighted by Gasteiger charge is -2.30. The highest BCUT2D eigenvalue weighted by Gasteiger charge is 2.30. The van der Waals surface area contributed by atoms with Crippen LogP contribution in [0.3, 0.4) is 0 Å². The van der Waals surface area contributed by atoms with E-state index in [0.717, 1.165) is 12.0 Å². The van der Waals surface area contributed by atoms with Crippen LogP contribution in [0.5, 0.6) is 11.5 Å². The second-order valence-electron chi connectivity index (χ2n) is 7.11. The van der Waals surface area contributed by atoms with Gasteiger partial charge in [0.2, 0.25) is 0 Å². The summed E-state index contributed by atoms with van der Waals surface area (Å²) in [4.78, 5) is 25.0. The third kappa shape index (κ3) is 4.78. The van der Waals surface area contributed by atoms with Crippen LogP contribution in [0.15, 0.2) is 18.2 Å². The minimum atomic E-state index is -1.09. The van der Waals surface area contributed by atoms with E-state index in [0.29, 0.717) is 17.9 Å². The van der Waals surface area contributed by atoms with Gasteiger partial charge in [0.05, 0.1) is 0 Å². The van der Waals surface area contributed by atoms with Gasteiger partial charge in [-0.2, -0.15) is 0 Å². The first-order valence-electron chi connectivity index (χ1n) is 8.32. The van der Waals surface area contributed by atoms with Gasteiger partial charge < -0.3 is 24.8 Å². The van der Waals surface area contributed by atoms with Crippen molar-refractivity contribution in [1.29, 1.82) is 0 Å². The summed E-state index contributed by atoms with van der Waals surface area (Å²) in [5, 5.41) is 0. The minimum Gasteiger partial charge on any atom is -0.444 e. The zero-order chi connectivity index (χ0) is 18.8. The molecule has 0 saturated heterocycles. The first kappa shape index (κ1) is 18.9. The Hall–Kier alpha value is -2.44. The van der Waals surface area contributed by atoms with Gasteiger partial charge in [0.15, 0.2) is 11.5 Å². The molecule has 0 spiro atoms. The molecule has 25 heavy (non-hydrogen) atoms. The molecule has 1 aliphatic heterocycles. The third-order valence-electron chi connectivity index (χ3n) is 3.88. The number of carbonyl (C=O) groups excluding carboxylic acids is 2. The molecule has 2 amide bonds. The average molecular weight is 350 g/mol. The number of rotatable bonds is 5. The molecule has 0 saturated carbocycles. The number of carbonyl (C=O) groups is 2. The van der Waals surface area contributed by atoms with Gasteiger partial charge in [-0.3, -0.25) is 4.79 Å². The van der Waals surface area contributed by atoms with Crippen molar-refractivity contribution in [2.24, 2.45) is 5.73 Å². The molecule has 2 N–H and O–H groups in total. The van der Waals surface area contributed by atoms with E-state index >= 15 is 0 Å². The first-order chi connectivity index (χ1) is 11.6. The average Bonchev–Trinajstić information content (AvgIpc) is 2.93. The maximum absolute atomic E-state index is 12.3. The van der Waals surface area contributed by atoms with Gasteiger partial charge in [-0.05, 0) is 51.3 Å². The molecule has 2 unspecified atom stereocenters. The normalized spacial score (nSPS) is 17.1. The van der Waals surface area contributed by atoms with E-state index in [4.69, 9.17) is 19.9 Å². The fourth-order valence-corrected chi connectivity index (χ4v) is 2.55. The number of fused-ring (bicyclic) bond motifs is 1. The molecule has 1 aromatic rings. The molecule has 2 rings (SSSR count). The van der Waals surface area contributed by atoms with Gasteiger partial charge >= 0.3 is 12.4 Å². The van der Waals surface area contributed by atoms with Gasteiger partial charge in [0.25, 0.3) is 5.91 Å². The van der Waals surface area contributed by atoms with Gasteiger partial charge in [0, 0.05) is 13.1 Å². The lowest BCUT2D eigenvalue weighted by atomic mass is 10.0. The monoisotopic (exact) mass is 350 g/mol. The van der Waals surface area contributed by atoms with E-state index in [1.807, 2.05) is 39.8 Å². The molecular weight excluding hydrogens is 324 g/mol. The Morgan fingerprint density at radius 1 is 1.28 bits per heavy atom. The summed E-state index contributed by atoms with van der Waals surface area (Å²) < 4.78 is 16.1. The molecule has 1 aliphatic rings. The Bertz CT molecular complexity index is 653. The summed E-state index contributed by atoms with van der Waals surface area (Å²) in [6, 6.07) is 5.41. The van der Waals surface area contributed by atoms with Crippen molar-refractivity contribution >= 4 is 12.0 Å². The molecule has 7 heteroatoms. The van der Waals surface area contributed by atoms with Gasteiger partial charge in [-0.15, -0.1) is 0 Å². The van der Waals surface area contributed by atoms with E-state index in [2.05, 4.69) is 0 Å². The summed E-state index contributed by atoms with van der Waals surface area (Å²) in [5.41, 5.74) is 5.63. The quantitative estimate of drug-likeness (QED) is 0.881. The lowest BCUT2D eigenvalue weighted by Crippen LogP contribution is -2.41. The molecule has 0 radical (unpaired) electrons. The number of likely N-dealkylation sites (N-methyl/N-ethyl adjacent to an activating group) is 1. The predicted octanol–water partition coefficient (Wildman–Crippen LogP) is 2.46. The number of primary amides is 1. The molecule has 0 aromatic heterocycles. The molecular formula is C18H26N2O5. The van der Waals surface area contributed by atoms with Crippen LogP contribution in [0, 0.1) is 0 Å². The maximum atomic E-state index is 12.3. The summed E-state index contributed by atoms with van der Waals surface area (Å²) in [6.07, 6.45) is -0.0383. The lowest BCUT2D eigenvalue weighted by molar-refractivity contribution is -0.133. The van der Waals surface area contributed by atoms with Crippen LogP contribution in [0.2, 0.25) is 0 Å². The predicted molar refractivity (Wildman–Crippen MR) is 92.5 cm³/mol. The van der Waals surface area contributed by atoms with Crippen LogP contribution in [0.1, 0.15) is 39.7 Å². The van der Waals surface area contributed by atoms with Crippen molar-refractivity contribution in [1.82, 2.24) is 4.90 Å². The number of amides is 2. The van der Waals surface area contributed by atoms with E-state index in [-0.39, 0.29) is 12.1 Å². The van der Waals surface area contributed by atoms with Crippen LogP contribution in [-0.4, -0.2) is 41.9 Å². The van der Waals surface area contributed by atoms with Crippen molar-refractivity contribution in [2.45, 2.75) is 58.5 Å². The second-order valence-corrected chi connectivity index (χ2v) is 7.11. The van der Waals surface area contributed by atoms with E-state index < -0.39 is 17.8 Å². The van der Waals surface area contributed by atoms with E-state index in [9.17, 15) is 9.59 Å². The summed E-state index contributed by atoms with van der Waals surface area (Å²) in [6.45, 7) is 7.54. The molecule has 1 heterocycles. The topological polar surface area (TPSA) is 91.1 Å². The summed E-state index contributed by atoms with van der Waals surface area (Å²) in [5.74, 6) is 0.297. The Morgan fingerprint density at radius 3 is 2.48 bits per heavy atom. The van der Waals surface area contributed by atoms with Gasteiger partial charge in [-0.25, -0.2) is 4.79 Å². The van der Waals surface area contributed by atoms with Crippen molar-refractivity contribution < 1.29 is 23.8 Å². The standard InChI is InChI=1S/C18H26N2O5/c1-6-12(20(5)17(22)25-18(2,3)4)9-11-7-8-13-14(10-11)24-16(23-13)15(19)21/h7-8,10,12,16H,6,9H2,1-5H3,(H2,19,21). The number of nitrogens with two attached hydrogens (primary N) is 1. The molecule has 0 fully saturated rings. The Morgan fingerprint density at radius 2 is 1.92 bits per heavy atom. The second kappa shape index (κ2) is 7.21. The Kier molecular flexibility index (Phi) is 5.45. The van der Waals surface area contributed by atoms with Gasteiger partial charge in [0.1, 0.15) is 5.60 Å². The molecule has 2 atom stereocenters. The van der Waals surface area contributed by atoms with Crippen molar-refractivity contribution in [3.05, 3.63) is 23.8 Å². The largest absolute Gasteiger partial charge is 0.444 e. The Balaban J connectivity index is 2.06. The van der Waals surface area contributed by atoms with Crippen molar-refractivity contribution in [3.63, 3.8) is 0 Å². The number of ether oxygens (including phenoxy) is 3. The minimum absolute atomic E-state index is 0.0258. The van der Waals surface area contributed by atoms with Crippen LogP contribution < -0.4 is 15.2 Å². The summed E-state index contributed by atoms with van der Waals surface area (Å²) >= 11 is 0. The van der Waals surface area contributed by atoms with E-state index in [1.165, 1.54) is 0 Å². The molecule has 0 bridgehead atoms. The maximum Gasteiger partial charge on any atom is 0.410 e. The van der Waals surface area contributed by atoms with Crippen molar-refractivity contribution in [2.75, 3.05) is 7.05 Å². The Labute approximate surface area is 148 Å². The molecule has 7 nitrogen and oxygen atoms in total. The van der Waals surface area contributed by atoms with Crippen LogP contribution in [0.4, 0.5) is 4.79 Å². The highest BCUT2D eigenvalue weighted by atomic mass is 16.7. The van der Waals surface area contributed by atoms with Crippen LogP contribution in [0.25, 0.3) is 0 Å².